The van der Waals surface area contributed by atoms with Crippen LogP contribution in [0.25, 0.3) is 0 Å². The Morgan fingerprint density at radius 3 is 2.27 bits per heavy atom. The minimum atomic E-state index is -0.331. The zero-order valence-electron chi connectivity index (χ0n) is 14.5. The molecule has 2 aliphatic heterocycles. The van der Waals surface area contributed by atoms with Gasteiger partial charge in [-0.2, -0.15) is 0 Å². The van der Waals surface area contributed by atoms with E-state index in [9.17, 15) is 14.4 Å². The lowest BCUT2D eigenvalue weighted by Crippen LogP contribution is -2.35. The van der Waals surface area contributed by atoms with Crippen LogP contribution >= 0.6 is 0 Å². The topological polar surface area (TPSA) is 57.7 Å². The second-order valence-corrected chi connectivity index (χ2v) is 6.80. The second kappa shape index (κ2) is 6.75. The molecule has 26 heavy (non-hydrogen) atoms. The average molecular weight is 348 g/mol. The summed E-state index contributed by atoms with van der Waals surface area (Å²) in [6.45, 7) is 1.74. The van der Waals surface area contributed by atoms with Crippen molar-refractivity contribution in [3.05, 3.63) is 70.8 Å². The molecular weight excluding hydrogens is 328 g/mol. The Bertz CT molecular complexity index is 870. The summed E-state index contributed by atoms with van der Waals surface area (Å²) in [5, 5.41) is 0. The molecule has 3 amide bonds. The fraction of sp³-hybridized carbons (Fsp3) is 0.286. The Morgan fingerprint density at radius 2 is 1.54 bits per heavy atom. The van der Waals surface area contributed by atoms with Crippen LogP contribution in [0.4, 0.5) is 0 Å². The van der Waals surface area contributed by atoms with Gasteiger partial charge in [-0.15, -0.1) is 0 Å². The maximum absolute atomic E-state index is 12.7. The fourth-order valence-electron chi connectivity index (χ4n) is 3.61. The maximum Gasteiger partial charge on any atom is 0.261 e. The molecule has 0 N–H and O–H groups in total. The molecule has 4 rings (SSSR count). The van der Waals surface area contributed by atoms with E-state index in [2.05, 4.69) is 0 Å². The van der Waals surface area contributed by atoms with Crippen molar-refractivity contribution in [1.82, 2.24) is 9.80 Å². The number of carbonyl (C=O) groups is 3. The van der Waals surface area contributed by atoms with Crippen LogP contribution in [0, 0.1) is 0 Å². The van der Waals surface area contributed by atoms with E-state index in [1.807, 2.05) is 35.2 Å². The van der Waals surface area contributed by atoms with Crippen molar-refractivity contribution < 1.29 is 14.4 Å². The molecule has 2 heterocycles. The largest absolute Gasteiger partial charge is 0.339 e. The first-order valence-corrected chi connectivity index (χ1v) is 8.98. The highest BCUT2D eigenvalue weighted by atomic mass is 16.2. The number of imide groups is 1. The third-order valence-corrected chi connectivity index (χ3v) is 5.04. The van der Waals surface area contributed by atoms with Gasteiger partial charge in [-0.25, -0.2) is 0 Å². The lowest BCUT2D eigenvalue weighted by Gasteiger charge is -2.26. The molecule has 0 aliphatic carbocycles. The molecule has 1 fully saturated rings. The van der Waals surface area contributed by atoms with Crippen LogP contribution in [0.5, 0.6) is 0 Å². The van der Waals surface area contributed by atoms with Crippen LogP contribution in [-0.4, -0.2) is 40.6 Å². The lowest BCUT2D eigenvalue weighted by molar-refractivity contribution is 0.0641. The van der Waals surface area contributed by atoms with Crippen molar-refractivity contribution in [1.29, 1.82) is 0 Å². The lowest BCUT2D eigenvalue weighted by atomic mass is 10.0. The summed E-state index contributed by atoms with van der Waals surface area (Å²) in [6, 6.07) is 14.3. The summed E-state index contributed by atoms with van der Waals surface area (Å²) in [5.41, 5.74) is 2.08. The number of benzene rings is 2. The Morgan fingerprint density at radius 1 is 0.846 bits per heavy atom. The van der Waals surface area contributed by atoms with Crippen LogP contribution in [0.1, 0.15) is 55.9 Å². The van der Waals surface area contributed by atoms with E-state index < -0.39 is 0 Å². The third-order valence-electron chi connectivity index (χ3n) is 5.04. The normalized spacial score (nSPS) is 16.8. The minimum absolute atomic E-state index is 0.0609. The number of fused-ring (bicyclic) bond motifs is 1. The van der Waals surface area contributed by atoms with E-state index in [0.717, 1.165) is 37.9 Å². The van der Waals surface area contributed by atoms with E-state index in [1.165, 1.54) is 4.90 Å². The molecule has 5 nitrogen and oxygen atoms in total. The third kappa shape index (κ3) is 2.90. The molecular formula is C21H20N2O3. The number of likely N-dealkylation sites (tertiary alicyclic amines) is 1. The van der Waals surface area contributed by atoms with Crippen LogP contribution in [0.2, 0.25) is 0 Å². The van der Waals surface area contributed by atoms with Gasteiger partial charge in [-0.3, -0.25) is 19.3 Å². The predicted molar refractivity (Wildman–Crippen MR) is 96.8 cm³/mol. The highest BCUT2D eigenvalue weighted by Gasteiger charge is 2.36. The van der Waals surface area contributed by atoms with Gasteiger partial charge in [0, 0.05) is 18.7 Å². The fourth-order valence-corrected chi connectivity index (χ4v) is 3.61. The molecule has 0 unspecified atom stereocenters. The maximum atomic E-state index is 12.7. The van der Waals surface area contributed by atoms with Gasteiger partial charge in [-0.1, -0.05) is 30.3 Å². The van der Waals surface area contributed by atoms with Gasteiger partial charge in [0.15, 0.2) is 0 Å². The van der Waals surface area contributed by atoms with Crippen molar-refractivity contribution in [3.63, 3.8) is 0 Å². The van der Waals surface area contributed by atoms with Crippen molar-refractivity contribution in [2.45, 2.75) is 25.8 Å². The highest BCUT2D eigenvalue weighted by Crippen LogP contribution is 2.26. The molecule has 0 atom stereocenters. The van der Waals surface area contributed by atoms with Crippen LogP contribution in [-0.2, 0) is 6.54 Å². The van der Waals surface area contributed by atoms with Crippen LogP contribution in [0.3, 0.4) is 0 Å². The molecule has 2 aromatic rings. The Hall–Kier alpha value is -2.95. The molecule has 0 bridgehead atoms. The Kier molecular flexibility index (Phi) is 4.29. The molecule has 0 radical (unpaired) electrons. The number of piperidine rings is 1. The number of nitrogens with zero attached hydrogens (tertiary/aromatic N) is 2. The van der Waals surface area contributed by atoms with Gasteiger partial charge >= 0.3 is 0 Å². The molecule has 0 aromatic heterocycles. The molecule has 2 aliphatic rings. The van der Waals surface area contributed by atoms with Gasteiger partial charge < -0.3 is 4.90 Å². The highest BCUT2D eigenvalue weighted by molar-refractivity contribution is 6.22. The first-order chi connectivity index (χ1) is 12.6. The minimum Gasteiger partial charge on any atom is -0.339 e. The van der Waals surface area contributed by atoms with Gasteiger partial charge in [0.2, 0.25) is 0 Å². The van der Waals surface area contributed by atoms with Crippen LogP contribution in [0.15, 0.2) is 48.5 Å². The standard InChI is InChI=1S/C21H20N2O3/c24-19(22-11-5-2-6-12-22)16-9-10-17-18(13-16)21(26)23(20(17)25)14-15-7-3-1-4-8-15/h1,3-4,7-10,13H,2,5-6,11-12,14H2. The number of carbonyl (C=O) groups excluding carboxylic acids is 3. The average Bonchev–Trinajstić information content (AvgIpc) is 2.93. The van der Waals surface area contributed by atoms with E-state index in [4.69, 9.17) is 0 Å². The second-order valence-electron chi connectivity index (χ2n) is 6.80. The molecule has 5 heteroatoms. The number of rotatable bonds is 3. The summed E-state index contributed by atoms with van der Waals surface area (Å²) in [7, 11) is 0. The van der Waals surface area contributed by atoms with Gasteiger partial charge in [0.25, 0.3) is 17.7 Å². The summed E-state index contributed by atoms with van der Waals surface area (Å²) < 4.78 is 0. The van der Waals surface area contributed by atoms with Crippen molar-refractivity contribution in [3.8, 4) is 0 Å². The van der Waals surface area contributed by atoms with Gasteiger partial charge in [-0.05, 0) is 43.0 Å². The molecule has 1 saturated heterocycles. The number of hydrogen-bond donors (Lipinski definition) is 0. The smallest absolute Gasteiger partial charge is 0.261 e. The Balaban J connectivity index is 1.59. The first-order valence-electron chi connectivity index (χ1n) is 8.98. The predicted octanol–water partition coefficient (Wildman–Crippen LogP) is 3.11. The summed E-state index contributed by atoms with van der Waals surface area (Å²) >= 11 is 0. The first kappa shape index (κ1) is 16.5. The summed E-state index contributed by atoms with van der Waals surface area (Å²) in [4.78, 5) is 41.1. The van der Waals surface area contributed by atoms with E-state index in [0.29, 0.717) is 16.7 Å². The quantitative estimate of drug-likeness (QED) is 0.801. The zero-order valence-corrected chi connectivity index (χ0v) is 14.5. The number of hydrogen-bond acceptors (Lipinski definition) is 3. The van der Waals surface area contributed by atoms with Crippen LogP contribution < -0.4 is 0 Å². The number of amides is 3. The SMILES string of the molecule is O=C(c1ccc2c(c1)C(=O)N(Cc1ccccc1)C2=O)N1CCCCC1. The van der Waals surface area contributed by atoms with E-state index >= 15 is 0 Å². The van der Waals surface area contributed by atoms with E-state index in [-0.39, 0.29) is 24.3 Å². The Labute approximate surface area is 152 Å². The van der Waals surface area contributed by atoms with Gasteiger partial charge in [0.1, 0.15) is 0 Å². The molecule has 132 valence electrons. The van der Waals surface area contributed by atoms with Gasteiger partial charge in [0.05, 0.1) is 17.7 Å². The molecule has 2 aromatic carbocycles. The summed E-state index contributed by atoms with van der Waals surface area (Å²) in [5.74, 6) is -0.692. The monoisotopic (exact) mass is 348 g/mol. The van der Waals surface area contributed by atoms with Crippen molar-refractivity contribution in [2.75, 3.05) is 13.1 Å². The summed E-state index contributed by atoms with van der Waals surface area (Å²) in [6.07, 6.45) is 3.17. The van der Waals surface area contributed by atoms with E-state index in [1.54, 1.807) is 18.2 Å². The molecule has 0 saturated carbocycles. The zero-order chi connectivity index (χ0) is 18.1. The molecule has 0 spiro atoms. The van der Waals surface area contributed by atoms with Crippen molar-refractivity contribution >= 4 is 17.7 Å². The van der Waals surface area contributed by atoms with Crippen molar-refractivity contribution in [2.24, 2.45) is 0 Å².